The minimum absolute atomic E-state index is 0.0395. The lowest BCUT2D eigenvalue weighted by molar-refractivity contribution is -0.201. The Kier molecular flexibility index (Phi) is 7.49. The number of thiophene rings is 1. The minimum atomic E-state index is -2.26. The maximum absolute atomic E-state index is 17.4. The van der Waals surface area contributed by atoms with Crippen molar-refractivity contribution in [1.82, 2.24) is 5.06 Å². The van der Waals surface area contributed by atoms with E-state index in [-0.39, 0.29) is 31.5 Å². The van der Waals surface area contributed by atoms with Crippen molar-refractivity contribution < 1.29 is 33.1 Å². The van der Waals surface area contributed by atoms with E-state index in [9.17, 15) is 24.3 Å². The molecule has 4 aliphatic carbocycles. The summed E-state index contributed by atoms with van der Waals surface area (Å²) < 4.78 is 46.9. The molecule has 0 aliphatic heterocycles. The summed E-state index contributed by atoms with van der Waals surface area (Å²) in [6, 6.07) is 2.59. The number of fused-ring (bicyclic) bond motifs is 5. The van der Waals surface area contributed by atoms with Crippen LogP contribution in [0.3, 0.4) is 0 Å². The van der Waals surface area contributed by atoms with Gasteiger partial charge in [0.05, 0.1) is 17.0 Å². The Morgan fingerprint density at radius 3 is 2.68 bits per heavy atom. The average Bonchev–Trinajstić information content (AvgIpc) is 3.36. The zero-order valence-corrected chi connectivity index (χ0v) is 23.5. The van der Waals surface area contributed by atoms with Crippen LogP contribution in [0.15, 0.2) is 35.9 Å². The fourth-order valence-corrected chi connectivity index (χ4v) is 9.97. The number of hydrogen-bond donors (Lipinski definition) is 2. The van der Waals surface area contributed by atoms with Gasteiger partial charge in [0, 0.05) is 28.7 Å². The summed E-state index contributed by atoms with van der Waals surface area (Å²) in [5.41, 5.74) is -4.66. The molecule has 5 rings (SSSR count). The summed E-state index contributed by atoms with van der Waals surface area (Å²) in [5.74, 6) is -3.08. The Labute approximate surface area is 233 Å². The molecule has 4 aliphatic rings. The highest BCUT2D eigenvalue weighted by molar-refractivity contribution is 8.13. The van der Waals surface area contributed by atoms with E-state index in [1.54, 1.807) is 12.1 Å². The molecule has 3 fully saturated rings. The predicted molar refractivity (Wildman–Crippen MR) is 141 cm³/mol. The zero-order valence-electron chi connectivity index (χ0n) is 21.1. The van der Waals surface area contributed by atoms with E-state index in [0.29, 0.717) is 22.5 Å². The highest BCUT2D eigenvalue weighted by atomic mass is 35.5. The number of thioether (sulfide) groups is 1. The number of aliphatic hydroxyl groups excluding tert-OH is 1. The highest BCUT2D eigenvalue weighted by Gasteiger charge is 2.73. The Morgan fingerprint density at radius 1 is 1.29 bits per heavy atom. The van der Waals surface area contributed by atoms with Gasteiger partial charge in [-0.25, -0.2) is 13.2 Å². The van der Waals surface area contributed by atoms with Crippen molar-refractivity contribution in [3.8, 4) is 0 Å². The maximum atomic E-state index is 17.4. The van der Waals surface area contributed by atoms with Crippen molar-refractivity contribution >= 4 is 45.6 Å². The van der Waals surface area contributed by atoms with Gasteiger partial charge in [0.1, 0.15) is 12.2 Å². The first-order valence-electron chi connectivity index (χ1n) is 12.7. The Morgan fingerprint density at radius 2 is 2.03 bits per heavy atom. The van der Waals surface area contributed by atoms with Gasteiger partial charge in [-0.3, -0.25) is 9.59 Å². The number of aliphatic hydroxyl groups is 1. The quantitative estimate of drug-likeness (QED) is 0.400. The van der Waals surface area contributed by atoms with Crippen molar-refractivity contribution in [3.63, 3.8) is 0 Å². The number of carbonyl (C=O) groups is 2. The molecule has 2 N–H and O–H groups in total. The molecule has 0 saturated heterocycles. The molecule has 0 radical (unpaired) electrons. The Balaban J connectivity index is 1.50. The summed E-state index contributed by atoms with van der Waals surface area (Å²) in [6.45, 7) is 3.58. The third-order valence-electron chi connectivity index (χ3n) is 9.66. The number of alkyl halides is 3. The Hall–Kier alpha value is -1.17. The molecule has 11 heteroatoms. The molecule has 1 aromatic heterocycles. The van der Waals surface area contributed by atoms with Crippen LogP contribution in [-0.2, 0) is 16.1 Å². The van der Waals surface area contributed by atoms with Crippen LogP contribution >= 0.6 is 34.7 Å². The van der Waals surface area contributed by atoms with Crippen molar-refractivity contribution in [2.24, 2.45) is 34.5 Å². The monoisotopic (exact) mass is 589 g/mol. The van der Waals surface area contributed by atoms with Gasteiger partial charge in [0.25, 0.3) is 0 Å². The lowest BCUT2D eigenvalue weighted by Crippen LogP contribution is -2.68. The molecule has 208 valence electrons. The van der Waals surface area contributed by atoms with Crippen molar-refractivity contribution in [3.05, 3.63) is 45.1 Å². The standard InChI is InChI=1S/C27H31ClF3NO4S2/c1-25-10-21(34)27(31)18(9-20(30)19-8-15(33)5-6-26(19,27)2)17(25)7-14(23(25)24(35)37-13-29)11-32(36)12-16-3-4-22(28)38-16/h3-6,8,14,17-18,20-21,23,34,36H,7,9-13H2,1-2H3/t14-,17?,18-,20-,21-,23+,25-,26-,27-/m0/s1. The summed E-state index contributed by atoms with van der Waals surface area (Å²) in [7, 11) is 0. The lowest BCUT2D eigenvalue weighted by Gasteiger charge is -2.62. The number of allylic oxidation sites excluding steroid dienone is 4. The molecular weight excluding hydrogens is 559 g/mol. The molecule has 0 aromatic carbocycles. The normalized spacial score (nSPS) is 42.0. The van der Waals surface area contributed by atoms with Gasteiger partial charge in [0.2, 0.25) is 0 Å². The molecule has 1 unspecified atom stereocenters. The molecule has 9 atom stereocenters. The SMILES string of the molecule is C[C@]12C[C@H](O)[C@@]3(F)[C@@H](C[C@H](F)C4=CC(=O)C=C[C@@]43C)C1C[C@@H](CN(O)Cc1ccc(Cl)s1)[C@@H]2C(=O)SCF. The smallest absolute Gasteiger partial charge is 0.195 e. The third-order valence-corrected chi connectivity index (χ3v) is 11.5. The lowest BCUT2D eigenvalue weighted by atomic mass is 9.45. The fourth-order valence-electron chi connectivity index (χ4n) is 8.12. The van der Waals surface area contributed by atoms with E-state index >= 15 is 8.78 Å². The van der Waals surface area contributed by atoms with Crippen LogP contribution in [0.25, 0.3) is 0 Å². The predicted octanol–water partition coefficient (Wildman–Crippen LogP) is 5.94. The first kappa shape index (κ1) is 28.4. The number of nitrogens with zero attached hydrogens (tertiary/aromatic N) is 1. The first-order chi connectivity index (χ1) is 17.8. The second-order valence-electron chi connectivity index (χ2n) is 11.5. The van der Waals surface area contributed by atoms with E-state index in [0.717, 1.165) is 16.0 Å². The number of hydrogen-bond acceptors (Lipinski definition) is 7. The number of carbonyl (C=O) groups excluding carboxylic acids is 2. The molecule has 0 spiro atoms. The van der Waals surface area contributed by atoms with Gasteiger partial charge in [0.15, 0.2) is 16.6 Å². The fraction of sp³-hybridized carbons (Fsp3) is 0.630. The molecule has 1 aromatic rings. The second-order valence-corrected chi connectivity index (χ2v) is 14.3. The van der Waals surface area contributed by atoms with E-state index in [1.165, 1.54) is 30.4 Å². The van der Waals surface area contributed by atoms with Gasteiger partial charge < -0.3 is 10.3 Å². The summed E-state index contributed by atoms with van der Waals surface area (Å²) in [4.78, 5) is 26.1. The summed E-state index contributed by atoms with van der Waals surface area (Å²) in [5, 5.41) is 22.9. The third kappa shape index (κ3) is 4.25. The van der Waals surface area contributed by atoms with Gasteiger partial charge in [-0.15, -0.1) is 11.3 Å². The number of rotatable bonds is 6. The average molecular weight is 590 g/mol. The van der Waals surface area contributed by atoms with E-state index in [2.05, 4.69) is 0 Å². The maximum Gasteiger partial charge on any atom is 0.195 e. The van der Waals surface area contributed by atoms with Gasteiger partial charge in [-0.1, -0.05) is 36.4 Å². The number of halogens is 4. The van der Waals surface area contributed by atoms with Crippen LogP contribution in [0.4, 0.5) is 13.2 Å². The zero-order chi connectivity index (χ0) is 27.6. The van der Waals surface area contributed by atoms with Crippen LogP contribution in [0, 0.1) is 34.5 Å². The first-order valence-corrected chi connectivity index (χ1v) is 14.9. The highest BCUT2D eigenvalue weighted by Crippen LogP contribution is 2.70. The summed E-state index contributed by atoms with van der Waals surface area (Å²) in [6.07, 6.45) is 0.655. The van der Waals surface area contributed by atoms with Crippen LogP contribution in [0.2, 0.25) is 4.34 Å². The van der Waals surface area contributed by atoms with Crippen LogP contribution in [-0.4, -0.2) is 56.8 Å². The van der Waals surface area contributed by atoms with E-state index < -0.39 is 69.4 Å². The minimum Gasteiger partial charge on any atom is -0.390 e. The molecule has 3 saturated carbocycles. The van der Waals surface area contributed by atoms with E-state index in [1.807, 2.05) is 6.92 Å². The van der Waals surface area contributed by atoms with E-state index in [4.69, 9.17) is 11.6 Å². The molecule has 1 heterocycles. The van der Waals surface area contributed by atoms with Gasteiger partial charge in [-0.2, -0.15) is 5.06 Å². The topological polar surface area (TPSA) is 77.8 Å². The second kappa shape index (κ2) is 10.0. The van der Waals surface area contributed by atoms with Gasteiger partial charge >= 0.3 is 0 Å². The number of ketones is 1. The van der Waals surface area contributed by atoms with Crippen molar-refractivity contribution in [2.45, 2.75) is 57.6 Å². The largest absolute Gasteiger partial charge is 0.390 e. The molecular formula is C27H31ClF3NO4S2. The van der Waals surface area contributed by atoms with Crippen molar-refractivity contribution in [1.29, 1.82) is 0 Å². The summed E-state index contributed by atoms with van der Waals surface area (Å²) >= 11 is 7.86. The van der Waals surface area contributed by atoms with Crippen molar-refractivity contribution in [2.75, 3.05) is 12.6 Å². The molecule has 0 amide bonds. The van der Waals surface area contributed by atoms with Gasteiger partial charge in [-0.05, 0) is 73.3 Å². The van der Waals surface area contributed by atoms with Crippen LogP contribution in [0.1, 0.15) is 38.0 Å². The molecule has 38 heavy (non-hydrogen) atoms. The number of hydroxylamine groups is 2. The Bertz CT molecular complexity index is 1190. The van der Waals surface area contributed by atoms with Crippen LogP contribution in [0.5, 0.6) is 0 Å². The molecule has 5 nitrogen and oxygen atoms in total. The molecule has 0 bridgehead atoms. The van der Waals surface area contributed by atoms with Crippen LogP contribution < -0.4 is 0 Å².